The van der Waals surface area contributed by atoms with Crippen LogP contribution in [0.3, 0.4) is 0 Å². The first-order valence-corrected chi connectivity index (χ1v) is 11.8. The average molecular weight is 390 g/mol. The summed E-state index contributed by atoms with van der Waals surface area (Å²) in [6.07, 6.45) is 20.4. The molecule has 0 aromatic heterocycles. The summed E-state index contributed by atoms with van der Waals surface area (Å²) in [5.74, 6) is -0.326. The van der Waals surface area contributed by atoms with Crippen molar-refractivity contribution in [2.45, 2.75) is 109 Å². The highest BCUT2D eigenvalue weighted by atomic mass is 32.2. The van der Waals surface area contributed by atoms with Gasteiger partial charge in [-0.15, -0.1) is 0 Å². The van der Waals surface area contributed by atoms with Crippen molar-refractivity contribution in [1.82, 2.24) is 5.32 Å². The Morgan fingerprint density at radius 1 is 0.885 bits per heavy atom. The van der Waals surface area contributed by atoms with Crippen LogP contribution in [0.1, 0.15) is 104 Å². The number of carbonyl (C=O) groups excluding carboxylic acids is 1. The molecule has 0 aromatic carbocycles. The van der Waals surface area contributed by atoms with Crippen LogP contribution in [-0.4, -0.2) is 24.3 Å². The minimum Gasteiger partial charge on any atom is -0.338 e. The van der Waals surface area contributed by atoms with Gasteiger partial charge >= 0.3 is 0 Å². The first-order valence-electron chi connectivity index (χ1n) is 10.3. The second kappa shape index (κ2) is 16.3. The van der Waals surface area contributed by atoms with E-state index in [0.29, 0.717) is 6.42 Å². The summed E-state index contributed by atoms with van der Waals surface area (Å²) < 4.78 is 30.4. The van der Waals surface area contributed by atoms with Gasteiger partial charge in [0.2, 0.25) is 5.91 Å². The summed E-state index contributed by atoms with van der Waals surface area (Å²) >= 11 is 0. The predicted octanol–water partition coefficient (Wildman–Crippen LogP) is 5.37. The Morgan fingerprint density at radius 3 is 1.85 bits per heavy atom. The van der Waals surface area contributed by atoms with E-state index in [9.17, 15) is 13.2 Å². The molecule has 0 rings (SSSR count). The Morgan fingerprint density at radius 2 is 1.35 bits per heavy atom. The predicted molar refractivity (Wildman–Crippen MR) is 109 cm³/mol. The SMILES string of the molecule is CCCCCCCCC=CCCCCCCCC(=O)NC(C)S(=O)(=O)O. The van der Waals surface area contributed by atoms with Gasteiger partial charge < -0.3 is 5.32 Å². The molecule has 0 heterocycles. The highest BCUT2D eigenvalue weighted by Gasteiger charge is 2.18. The van der Waals surface area contributed by atoms with Crippen LogP contribution in [0, 0.1) is 0 Å². The van der Waals surface area contributed by atoms with Crippen LogP contribution in [0.4, 0.5) is 0 Å². The summed E-state index contributed by atoms with van der Waals surface area (Å²) in [6.45, 7) is 3.50. The number of unbranched alkanes of at least 4 members (excludes halogenated alkanes) is 11. The molecule has 0 aliphatic heterocycles. The van der Waals surface area contributed by atoms with E-state index in [4.69, 9.17) is 4.55 Å². The Balaban J connectivity index is 3.38. The maximum absolute atomic E-state index is 11.5. The Labute approximate surface area is 160 Å². The van der Waals surface area contributed by atoms with E-state index in [-0.39, 0.29) is 5.91 Å². The third-order valence-corrected chi connectivity index (χ3v) is 5.49. The highest BCUT2D eigenvalue weighted by Crippen LogP contribution is 2.10. The fraction of sp³-hybridized carbons (Fsp3) is 0.850. The molecule has 0 bridgehead atoms. The molecule has 1 atom stereocenters. The van der Waals surface area contributed by atoms with Crippen LogP contribution in [0.2, 0.25) is 0 Å². The minimum atomic E-state index is -4.20. The Bertz CT molecular complexity index is 474. The lowest BCUT2D eigenvalue weighted by Crippen LogP contribution is -2.37. The van der Waals surface area contributed by atoms with Crippen LogP contribution >= 0.6 is 0 Å². The summed E-state index contributed by atoms with van der Waals surface area (Å²) in [5, 5.41) is 1.05. The molecule has 6 heteroatoms. The van der Waals surface area contributed by atoms with Gasteiger partial charge in [-0.05, 0) is 39.0 Å². The quantitative estimate of drug-likeness (QED) is 0.199. The van der Waals surface area contributed by atoms with Crippen LogP contribution in [0.25, 0.3) is 0 Å². The van der Waals surface area contributed by atoms with Crippen LogP contribution in [-0.2, 0) is 14.9 Å². The van der Waals surface area contributed by atoms with Gasteiger partial charge in [-0.25, -0.2) is 0 Å². The number of allylic oxidation sites excluding steroid dienone is 2. The smallest absolute Gasteiger partial charge is 0.285 e. The molecule has 2 N–H and O–H groups in total. The minimum absolute atomic E-state index is 0.304. The van der Waals surface area contributed by atoms with Gasteiger partial charge in [-0.2, -0.15) is 8.42 Å². The number of hydrogen-bond donors (Lipinski definition) is 2. The third-order valence-electron chi connectivity index (χ3n) is 4.48. The van der Waals surface area contributed by atoms with Gasteiger partial charge in [0.05, 0.1) is 0 Å². The molecule has 0 aliphatic carbocycles. The van der Waals surface area contributed by atoms with E-state index in [1.54, 1.807) is 0 Å². The third kappa shape index (κ3) is 16.6. The summed E-state index contributed by atoms with van der Waals surface area (Å²) in [5.41, 5.74) is 0. The van der Waals surface area contributed by atoms with Gasteiger partial charge in [-0.1, -0.05) is 70.4 Å². The molecule has 0 aromatic rings. The van der Waals surface area contributed by atoms with Gasteiger partial charge in [0.25, 0.3) is 10.1 Å². The van der Waals surface area contributed by atoms with Crippen LogP contribution in [0.15, 0.2) is 12.2 Å². The average Bonchev–Trinajstić information content (AvgIpc) is 2.57. The molecule has 0 spiro atoms. The zero-order valence-corrected chi connectivity index (χ0v) is 17.5. The first kappa shape index (κ1) is 25.1. The molecule has 154 valence electrons. The van der Waals surface area contributed by atoms with Gasteiger partial charge in [0.1, 0.15) is 0 Å². The topological polar surface area (TPSA) is 83.5 Å². The van der Waals surface area contributed by atoms with E-state index >= 15 is 0 Å². The molecule has 0 aliphatic rings. The summed E-state index contributed by atoms with van der Waals surface area (Å²) in [4.78, 5) is 11.5. The maximum Gasteiger partial charge on any atom is 0.285 e. The van der Waals surface area contributed by atoms with Crippen LogP contribution < -0.4 is 5.32 Å². The molecule has 1 amide bonds. The lowest BCUT2D eigenvalue weighted by atomic mass is 10.1. The molecular weight excluding hydrogens is 350 g/mol. The van der Waals surface area contributed by atoms with Crippen molar-refractivity contribution in [1.29, 1.82) is 0 Å². The first-order chi connectivity index (χ1) is 12.4. The van der Waals surface area contributed by atoms with E-state index in [1.807, 2.05) is 0 Å². The van der Waals surface area contributed by atoms with Crippen molar-refractivity contribution in [2.75, 3.05) is 0 Å². The number of rotatable bonds is 17. The molecule has 0 saturated carbocycles. The molecule has 26 heavy (non-hydrogen) atoms. The Hall–Kier alpha value is -0.880. The van der Waals surface area contributed by atoms with Crippen molar-refractivity contribution in [3.63, 3.8) is 0 Å². The van der Waals surface area contributed by atoms with Gasteiger partial charge in [0.15, 0.2) is 5.37 Å². The van der Waals surface area contributed by atoms with E-state index in [2.05, 4.69) is 24.4 Å². The molecule has 5 nitrogen and oxygen atoms in total. The van der Waals surface area contributed by atoms with Crippen molar-refractivity contribution < 1.29 is 17.8 Å². The summed E-state index contributed by atoms with van der Waals surface area (Å²) in [6, 6.07) is 0. The lowest BCUT2D eigenvalue weighted by molar-refractivity contribution is -0.121. The molecule has 1 unspecified atom stereocenters. The van der Waals surface area contributed by atoms with Crippen LogP contribution in [0.5, 0.6) is 0 Å². The fourth-order valence-corrected chi connectivity index (χ4v) is 3.01. The van der Waals surface area contributed by atoms with Crippen molar-refractivity contribution >= 4 is 16.0 Å². The summed E-state index contributed by atoms with van der Waals surface area (Å²) in [7, 11) is -4.20. The van der Waals surface area contributed by atoms with E-state index < -0.39 is 15.5 Å². The van der Waals surface area contributed by atoms with E-state index in [1.165, 1.54) is 58.3 Å². The second-order valence-electron chi connectivity index (χ2n) is 7.06. The molecule has 0 radical (unpaired) electrons. The standard InChI is InChI=1S/C20H39NO4S/c1-3-4-5-6-7-8-9-10-11-12-13-14-15-16-17-18-20(22)21-19(2)26(23,24)25/h10-11,19H,3-9,12-18H2,1-2H3,(H,21,22)(H,23,24,25). The second-order valence-corrected chi connectivity index (χ2v) is 8.80. The molecular formula is C20H39NO4S. The molecule has 0 saturated heterocycles. The normalized spacial score (nSPS) is 13.2. The van der Waals surface area contributed by atoms with Crippen molar-refractivity contribution in [2.24, 2.45) is 0 Å². The van der Waals surface area contributed by atoms with Gasteiger partial charge in [0, 0.05) is 6.42 Å². The number of hydrogen-bond acceptors (Lipinski definition) is 3. The zero-order chi connectivity index (χ0) is 19.7. The van der Waals surface area contributed by atoms with Gasteiger partial charge in [-0.3, -0.25) is 9.35 Å². The maximum atomic E-state index is 11.5. The zero-order valence-electron chi connectivity index (χ0n) is 16.7. The Kier molecular flexibility index (Phi) is 15.8. The van der Waals surface area contributed by atoms with Crippen molar-refractivity contribution in [3.8, 4) is 0 Å². The number of amides is 1. The fourth-order valence-electron chi connectivity index (χ4n) is 2.73. The highest BCUT2D eigenvalue weighted by molar-refractivity contribution is 7.86. The van der Waals surface area contributed by atoms with Crippen molar-refractivity contribution in [3.05, 3.63) is 12.2 Å². The number of nitrogens with one attached hydrogen (secondary N) is 1. The monoisotopic (exact) mass is 389 g/mol. The lowest BCUT2D eigenvalue weighted by Gasteiger charge is -2.10. The molecule has 0 fully saturated rings. The largest absolute Gasteiger partial charge is 0.338 e. The van der Waals surface area contributed by atoms with E-state index in [0.717, 1.165) is 32.1 Å². The number of carbonyl (C=O) groups is 1.